The van der Waals surface area contributed by atoms with Crippen LogP contribution in [0.2, 0.25) is 0 Å². The van der Waals surface area contributed by atoms with Gasteiger partial charge >= 0.3 is 5.97 Å². The molecule has 1 aromatic rings. The van der Waals surface area contributed by atoms with Crippen LogP contribution in [0.3, 0.4) is 0 Å². The average Bonchev–Trinajstić information content (AvgIpc) is 2.38. The van der Waals surface area contributed by atoms with E-state index in [9.17, 15) is 4.79 Å². The fourth-order valence-electron chi connectivity index (χ4n) is 1.65. The van der Waals surface area contributed by atoms with Crippen LogP contribution in [0.25, 0.3) is 0 Å². The van der Waals surface area contributed by atoms with E-state index in [1.54, 1.807) is 6.92 Å². The summed E-state index contributed by atoms with van der Waals surface area (Å²) in [6.45, 7) is 4.63. The summed E-state index contributed by atoms with van der Waals surface area (Å²) in [4.78, 5) is 11.7. The van der Waals surface area contributed by atoms with E-state index in [-0.39, 0.29) is 5.97 Å². The van der Waals surface area contributed by atoms with Crippen LogP contribution in [-0.4, -0.2) is 25.2 Å². The average molecular weight is 330 g/mol. The smallest absolute Gasteiger partial charge is 0.347 e. The second-order valence-corrected chi connectivity index (χ2v) is 4.92. The van der Waals surface area contributed by atoms with Crippen LogP contribution < -0.4 is 10.5 Å². The first-order valence-electron chi connectivity index (χ1n) is 6.44. The van der Waals surface area contributed by atoms with Crippen molar-refractivity contribution in [1.82, 2.24) is 0 Å². The second-order valence-electron chi connectivity index (χ2n) is 4.07. The van der Waals surface area contributed by atoms with Gasteiger partial charge in [-0.15, -0.1) is 0 Å². The standard InChI is InChI=1S/C14H20BrNO3/c1-3-12(14(17)18-4-2)19-13-6-5-10(7-8-16)9-11(13)15/h5-6,9,12H,3-4,7-8,16H2,1-2H3. The first kappa shape index (κ1) is 16.0. The van der Waals surface area contributed by atoms with Crippen molar-refractivity contribution in [2.75, 3.05) is 13.2 Å². The maximum Gasteiger partial charge on any atom is 0.347 e. The number of rotatable bonds is 7. The van der Waals surface area contributed by atoms with Crippen molar-refractivity contribution in [3.8, 4) is 5.75 Å². The Morgan fingerprint density at radius 3 is 2.68 bits per heavy atom. The molecule has 0 aliphatic rings. The Bertz CT molecular complexity index is 423. The number of hydrogen-bond acceptors (Lipinski definition) is 4. The van der Waals surface area contributed by atoms with Crippen molar-refractivity contribution in [2.24, 2.45) is 5.73 Å². The summed E-state index contributed by atoms with van der Waals surface area (Å²) >= 11 is 3.44. The van der Waals surface area contributed by atoms with E-state index in [0.717, 1.165) is 16.5 Å². The molecule has 1 atom stereocenters. The lowest BCUT2D eigenvalue weighted by molar-refractivity contribution is -0.151. The molecule has 0 saturated carbocycles. The summed E-state index contributed by atoms with van der Waals surface area (Å²) in [5, 5.41) is 0. The molecular formula is C14H20BrNO3. The molecule has 1 aromatic carbocycles. The van der Waals surface area contributed by atoms with Gasteiger partial charge in [-0.2, -0.15) is 0 Å². The molecule has 1 rings (SSSR count). The van der Waals surface area contributed by atoms with Gasteiger partial charge in [-0.25, -0.2) is 4.79 Å². The monoisotopic (exact) mass is 329 g/mol. The zero-order chi connectivity index (χ0) is 14.3. The summed E-state index contributed by atoms with van der Waals surface area (Å²) < 4.78 is 11.5. The number of benzene rings is 1. The van der Waals surface area contributed by atoms with Crippen LogP contribution in [-0.2, 0) is 16.0 Å². The maximum atomic E-state index is 11.7. The number of halogens is 1. The molecule has 0 heterocycles. The van der Waals surface area contributed by atoms with Crippen LogP contribution in [0.1, 0.15) is 25.8 Å². The van der Waals surface area contributed by atoms with Crippen molar-refractivity contribution >= 4 is 21.9 Å². The lowest BCUT2D eigenvalue weighted by Crippen LogP contribution is -2.28. The lowest BCUT2D eigenvalue weighted by Gasteiger charge is -2.17. The van der Waals surface area contributed by atoms with E-state index >= 15 is 0 Å². The van der Waals surface area contributed by atoms with Gasteiger partial charge in [0.2, 0.25) is 0 Å². The highest BCUT2D eigenvalue weighted by Gasteiger charge is 2.20. The summed E-state index contributed by atoms with van der Waals surface area (Å²) in [5.41, 5.74) is 6.65. The van der Waals surface area contributed by atoms with Gasteiger partial charge in [-0.05, 0) is 59.9 Å². The van der Waals surface area contributed by atoms with Gasteiger partial charge < -0.3 is 15.2 Å². The fourth-order valence-corrected chi connectivity index (χ4v) is 2.17. The van der Waals surface area contributed by atoms with Crippen molar-refractivity contribution in [3.63, 3.8) is 0 Å². The Kier molecular flexibility index (Phi) is 6.87. The van der Waals surface area contributed by atoms with Gasteiger partial charge in [-0.1, -0.05) is 13.0 Å². The van der Waals surface area contributed by atoms with E-state index in [0.29, 0.717) is 25.3 Å². The maximum absolute atomic E-state index is 11.7. The molecule has 106 valence electrons. The molecule has 0 fully saturated rings. The molecule has 4 nitrogen and oxygen atoms in total. The van der Waals surface area contributed by atoms with E-state index in [4.69, 9.17) is 15.2 Å². The molecule has 0 bridgehead atoms. The first-order chi connectivity index (χ1) is 9.12. The first-order valence-corrected chi connectivity index (χ1v) is 7.23. The zero-order valence-electron chi connectivity index (χ0n) is 11.3. The van der Waals surface area contributed by atoms with E-state index in [1.807, 2.05) is 25.1 Å². The SMILES string of the molecule is CCOC(=O)C(CC)Oc1ccc(CCN)cc1Br. The Morgan fingerprint density at radius 1 is 1.42 bits per heavy atom. The molecule has 0 aromatic heterocycles. The Hall–Kier alpha value is -1.07. The van der Waals surface area contributed by atoms with E-state index in [2.05, 4.69) is 15.9 Å². The van der Waals surface area contributed by atoms with Crippen molar-refractivity contribution < 1.29 is 14.3 Å². The molecule has 0 saturated heterocycles. The van der Waals surface area contributed by atoms with E-state index < -0.39 is 6.10 Å². The van der Waals surface area contributed by atoms with Gasteiger partial charge in [0.25, 0.3) is 0 Å². The normalized spacial score (nSPS) is 12.0. The Morgan fingerprint density at radius 2 is 2.16 bits per heavy atom. The number of esters is 1. The van der Waals surface area contributed by atoms with Gasteiger partial charge in [0.05, 0.1) is 11.1 Å². The molecular weight excluding hydrogens is 310 g/mol. The number of ether oxygens (including phenoxy) is 2. The van der Waals surface area contributed by atoms with Gasteiger partial charge in [0.1, 0.15) is 5.75 Å². The second kappa shape index (κ2) is 8.17. The third-order valence-electron chi connectivity index (χ3n) is 2.62. The van der Waals surface area contributed by atoms with Gasteiger partial charge in [0, 0.05) is 0 Å². The quantitative estimate of drug-likeness (QED) is 0.781. The number of hydrogen-bond donors (Lipinski definition) is 1. The predicted octanol–water partition coefficient (Wildman–Crippen LogP) is 2.67. The van der Waals surface area contributed by atoms with Crippen LogP contribution in [0.15, 0.2) is 22.7 Å². The summed E-state index contributed by atoms with van der Waals surface area (Å²) in [7, 11) is 0. The molecule has 0 aliphatic heterocycles. The minimum absolute atomic E-state index is 0.331. The highest BCUT2D eigenvalue weighted by Crippen LogP contribution is 2.27. The largest absolute Gasteiger partial charge is 0.478 e. The highest BCUT2D eigenvalue weighted by molar-refractivity contribution is 9.10. The molecule has 0 spiro atoms. The Labute approximate surface area is 122 Å². The zero-order valence-corrected chi connectivity index (χ0v) is 12.9. The van der Waals surface area contributed by atoms with Gasteiger partial charge in [-0.3, -0.25) is 0 Å². The third kappa shape index (κ3) is 4.84. The van der Waals surface area contributed by atoms with Crippen LogP contribution in [0, 0.1) is 0 Å². The minimum atomic E-state index is -0.573. The third-order valence-corrected chi connectivity index (χ3v) is 3.24. The number of nitrogens with two attached hydrogens (primary N) is 1. The van der Waals surface area contributed by atoms with E-state index in [1.165, 1.54) is 0 Å². The fraction of sp³-hybridized carbons (Fsp3) is 0.500. The molecule has 0 aliphatic carbocycles. The number of carbonyl (C=O) groups excluding carboxylic acids is 1. The minimum Gasteiger partial charge on any atom is -0.478 e. The number of carbonyl (C=O) groups is 1. The molecule has 19 heavy (non-hydrogen) atoms. The summed E-state index contributed by atoms with van der Waals surface area (Å²) in [6, 6.07) is 5.75. The van der Waals surface area contributed by atoms with Crippen LogP contribution in [0.4, 0.5) is 0 Å². The summed E-state index contributed by atoms with van der Waals surface area (Å²) in [6.07, 6.45) is 0.806. The molecule has 1 unspecified atom stereocenters. The Balaban J connectivity index is 2.77. The summed E-state index contributed by atoms with van der Waals surface area (Å²) in [5.74, 6) is 0.309. The highest BCUT2D eigenvalue weighted by atomic mass is 79.9. The molecule has 0 amide bonds. The van der Waals surface area contributed by atoms with Crippen LogP contribution >= 0.6 is 15.9 Å². The molecule has 0 radical (unpaired) electrons. The molecule has 5 heteroatoms. The predicted molar refractivity (Wildman–Crippen MR) is 78.2 cm³/mol. The van der Waals surface area contributed by atoms with Crippen molar-refractivity contribution in [2.45, 2.75) is 32.8 Å². The molecule has 2 N–H and O–H groups in total. The van der Waals surface area contributed by atoms with Gasteiger partial charge in [0.15, 0.2) is 6.10 Å². The topological polar surface area (TPSA) is 61.5 Å². The van der Waals surface area contributed by atoms with Crippen molar-refractivity contribution in [3.05, 3.63) is 28.2 Å². The van der Waals surface area contributed by atoms with Crippen LogP contribution in [0.5, 0.6) is 5.75 Å². The lowest BCUT2D eigenvalue weighted by atomic mass is 10.1. The van der Waals surface area contributed by atoms with Crippen molar-refractivity contribution in [1.29, 1.82) is 0 Å².